The number of carbonyl (C=O) groups is 1. The zero-order chi connectivity index (χ0) is 9.61. The predicted octanol–water partition coefficient (Wildman–Crippen LogP) is 1.09. The molecule has 0 aliphatic heterocycles. The monoisotopic (exact) mass is 200 g/mol. The maximum absolute atomic E-state index is 12.3. The molecule has 0 bridgehead atoms. The van der Waals surface area contributed by atoms with Crippen molar-refractivity contribution in [1.82, 2.24) is 0 Å². The van der Waals surface area contributed by atoms with Crippen LogP contribution in [0.5, 0.6) is 0 Å². The molecule has 0 aromatic heterocycles. The summed E-state index contributed by atoms with van der Waals surface area (Å²) in [4.78, 5) is 9.89. The highest BCUT2D eigenvalue weighted by atomic mass is 32.2. The highest BCUT2D eigenvalue weighted by Gasteiger charge is 2.38. The first-order valence-electron chi connectivity index (χ1n) is 3.18. The Bertz CT molecular complexity index is 152. The van der Waals surface area contributed by atoms with E-state index >= 15 is 0 Å². The molecule has 6 heteroatoms. The Kier molecular flexibility index (Phi) is 5.16. The first kappa shape index (κ1) is 11.6. The van der Waals surface area contributed by atoms with E-state index < -0.39 is 17.6 Å². The third-order valence-electron chi connectivity index (χ3n) is 1.03. The topological polar surface area (TPSA) is 46.5 Å². The van der Waals surface area contributed by atoms with Crippen LogP contribution in [-0.2, 0) is 9.53 Å². The van der Waals surface area contributed by atoms with Crippen LogP contribution in [0.2, 0.25) is 0 Å². The molecule has 0 aromatic rings. The first-order valence-corrected chi connectivity index (χ1v) is 4.34. The summed E-state index contributed by atoms with van der Waals surface area (Å²) in [6.07, 6.45) is 0. The summed E-state index contributed by atoms with van der Waals surface area (Å²) in [5.74, 6) is -6.03. The van der Waals surface area contributed by atoms with Crippen molar-refractivity contribution in [3.8, 4) is 0 Å². The van der Waals surface area contributed by atoms with Crippen LogP contribution in [0.15, 0.2) is 0 Å². The molecule has 0 saturated carbocycles. The van der Waals surface area contributed by atoms with E-state index in [0.717, 1.165) is 11.8 Å². The molecule has 0 heterocycles. The third kappa shape index (κ3) is 4.50. The van der Waals surface area contributed by atoms with Crippen molar-refractivity contribution in [3.05, 3.63) is 0 Å². The number of alkyl halides is 2. The fourth-order valence-corrected chi connectivity index (χ4v) is 1.21. The zero-order valence-electron chi connectivity index (χ0n) is 6.55. The number of ether oxygens (including phenoxy) is 1. The molecule has 12 heavy (non-hydrogen) atoms. The fourth-order valence-electron chi connectivity index (χ4n) is 0.404. The van der Waals surface area contributed by atoms with E-state index in [1.807, 2.05) is 0 Å². The van der Waals surface area contributed by atoms with Crippen LogP contribution >= 0.6 is 11.8 Å². The van der Waals surface area contributed by atoms with Gasteiger partial charge in [-0.15, -0.1) is 0 Å². The van der Waals surface area contributed by atoms with Crippen molar-refractivity contribution in [3.63, 3.8) is 0 Å². The van der Waals surface area contributed by atoms with E-state index in [1.165, 1.54) is 7.11 Å². The number of halogens is 2. The summed E-state index contributed by atoms with van der Waals surface area (Å²) in [6, 6.07) is 0. The van der Waals surface area contributed by atoms with E-state index in [9.17, 15) is 13.6 Å². The molecule has 0 aromatic carbocycles. The van der Waals surface area contributed by atoms with E-state index in [1.54, 1.807) is 0 Å². The minimum Gasteiger partial charge on any atom is -0.477 e. The zero-order valence-corrected chi connectivity index (χ0v) is 7.37. The second-order valence-electron chi connectivity index (χ2n) is 2.05. The van der Waals surface area contributed by atoms with E-state index in [4.69, 9.17) is 5.11 Å². The number of thioether (sulfide) groups is 1. The number of hydrogen-bond donors (Lipinski definition) is 1. The number of carboxylic acid groups (broad SMARTS) is 1. The normalized spacial score (nSPS) is 11.6. The van der Waals surface area contributed by atoms with Crippen LogP contribution in [0.4, 0.5) is 8.78 Å². The Morgan fingerprint density at radius 2 is 2.25 bits per heavy atom. The van der Waals surface area contributed by atoms with Crippen LogP contribution in [0, 0.1) is 0 Å². The van der Waals surface area contributed by atoms with Gasteiger partial charge in [-0.25, -0.2) is 4.79 Å². The van der Waals surface area contributed by atoms with Crippen molar-refractivity contribution in [2.45, 2.75) is 5.92 Å². The number of rotatable bonds is 6. The van der Waals surface area contributed by atoms with Gasteiger partial charge < -0.3 is 9.84 Å². The van der Waals surface area contributed by atoms with Gasteiger partial charge in [0.1, 0.15) is 0 Å². The lowest BCUT2D eigenvalue weighted by molar-refractivity contribution is -0.161. The molecular weight excluding hydrogens is 190 g/mol. The largest absolute Gasteiger partial charge is 0.477 e. The molecule has 1 N–H and O–H groups in total. The lowest BCUT2D eigenvalue weighted by atomic mass is 10.4. The van der Waals surface area contributed by atoms with Gasteiger partial charge in [0.25, 0.3) is 0 Å². The van der Waals surface area contributed by atoms with E-state index in [2.05, 4.69) is 4.74 Å². The number of aliphatic carboxylic acids is 1. The summed E-state index contributed by atoms with van der Waals surface area (Å²) in [7, 11) is 1.45. The molecule has 72 valence electrons. The van der Waals surface area contributed by atoms with Gasteiger partial charge in [0, 0.05) is 12.9 Å². The van der Waals surface area contributed by atoms with Gasteiger partial charge in [-0.1, -0.05) is 0 Å². The van der Waals surface area contributed by atoms with Crippen LogP contribution in [0.3, 0.4) is 0 Å². The Balaban J connectivity index is 3.54. The van der Waals surface area contributed by atoms with Crippen molar-refractivity contribution in [2.24, 2.45) is 0 Å². The van der Waals surface area contributed by atoms with Gasteiger partial charge in [-0.05, 0) is 0 Å². The van der Waals surface area contributed by atoms with Crippen LogP contribution in [0.25, 0.3) is 0 Å². The van der Waals surface area contributed by atoms with Gasteiger partial charge >= 0.3 is 11.9 Å². The Labute approximate surface area is 73.1 Å². The van der Waals surface area contributed by atoms with E-state index in [0.29, 0.717) is 12.4 Å². The maximum atomic E-state index is 12.3. The molecule has 0 unspecified atom stereocenters. The van der Waals surface area contributed by atoms with Gasteiger partial charge in [0.15, 0.2) is 0 Å². The highest BCUT2D eigenvalue weighted by Crippen LogP contribution is 2.19. The van der Waals surface area contributed by atoms with Crippen molar-refractivity contribution < 1.29 is 23.4 Å². The Hall–Kier alpha value is -0.360. The SMILES string of the molecule is COCCSCC(F)(F)C(=O)O. The lowest BCUT2D eigenvalue weighted by Gasteiger charge is -2.09. The van der Waals surface area contributed by atoms with Crippen LogP contribution in [-0.4, -0.2) is 42.2 Å². The molecule has 0 spiro atoms. The molecule has 0 atom stereocenters. The molecule has 0 aliphatic carbocycles. The quantitative estimate of drug-likeness (QED) is 0.652. The van der Waals surface area contributed by atoms with Gasteiger partial charge in [-0.2, -0.15) is 20.5 Å². The smallest absolute Gasteiger partial charge is 0.375 e. The van der Waals surface area contributed by atoms with Crippen molar-refractivity contribution in [1.29, 1.82) is 0 Å². The maximum Gasteiger partial charge on any atom is 0.375 e. The summed E-state index contributed by atoms with van der Waals surface area (Å²) < 4.78 is 29.2. The molecule has 0 amide bonds. The van der Waals surface area contributed by atoms with Crippen LogP contribution in [0.1, 0.15) is 0 Å². The first-order chi connectivity index (χ1) is 5.50. The second kappa shape index (κ2) is 5.31. The molecule has 0 rings (SSSR count). The third-order valence-corrected chi connectivity index (χ3v) is 2.05. The summed E-state index contributed by atoms with van der Waals surface area (Å²) in [6.45, 7) is 0.348. The predicted molar refractivity (Wildman–Crippen MR) is 41.8 cm³/mol. The van der Waals surface area contributed by atoms with Crippen LogP contribution < -0.4 is 0 Å². The molecule has 0 saturated heterocycles. The summed E-state index contributed by atoms with van der Waals surface area (Å²) in [5, 5.41) is 8.00. The highest BCUT2D eigenvalue weighted by molar-refractivity contribution is 7.99. The molecular formula is C6H10F2O3S. The minimum absolute atomic E-state index is 0.348. The lowest BCUT2D eigenvalue weighted by Crippen LogP contribution is -2.31. The molecule has 3 nitrogen and oxygen atoms in total. The summed E-state index contributed by atoms with van der Waals surface area (Å²) in [5.41, 5.74) is 0. The van der Waals surface area contributed by atoms with Crippen molar-refractivity contribution >= 4 is 17.7 Å². The Morgan fingerprint density at radius 3 is 2.67 bits per heavy atom. The molecule has 0 fully saturated rings. The van der Waals surface area contributed by atoms with E-state index in [-0.39, 0.29) is 0 Å². The van der Waals surface area contributed by atoms with Crippen molar-refractivity contribution in [2.75, 3.05) is 25.2 Å². The fraction of sp³-hybridized carbons (Fsp3) is 0.833. The average Bonchev–Trinajstić information content (AvgIpc) is 1.98. The van der Waals surface area contributed by atoms with Gasteiger partial charge in [0.2, 0.25) is 0 Å². The number of methoxy groups -OCH3 is 1. The minimum atomic E-state index is -3.63. The second-order valence-corrected chi connectivity index (χ2v) is 3.16. The van der Waals surface area contributed by atoms with Gasteiger partial charge in [0.05, 0.1) is 12.4 Å². The van der Waals surface area contributed by atoms with Gasteiger partial charge in [-0.3, -0.25) is 0 Å². The standard InChI is InChI=1S/C6H10F2O3S/c1-11-2-3-12-4-6(7,8)5(9)10/h2-4H2,1H3,(H,9,10). The number of hydrogen-bond acceptors (Lipinski definition) is 3. The number of carboxylic acids is 1. The molecule has 0 radical (unpaired) electrons. The molecule has 0 aliphatic rings. The summed E-state index contributed by atoms with van der Waals surface area (Å²) >= 11 is 0.857. The Morgan fingerprint density at radius 1 is 1.67 bits per heavy atom. The average molecular weight is 200 g/mol.